The van der Waals surface area contributed by atoms with Gasteiger partial charge in [0.2, 0.25) is 0 Å². The molecule has 0 atom stereocenters. The van der Waals surface area contributed by atoms with Crippen LogP contribution in [0.3, 0.4) is 0 Å². The zero-order valence-corrected chi connectivity index (χ0v) is 18.1. The van der Waals surface area contributed by atoms with Crippen molar-refractivity contribution < 1.29 is 21.6 Å². The molecule has 1 aliphatic heterocycles. The summed E-state index contributed by atoms with van der Waals surface area (Å²) < 4.78 is 61.0. The van der Waals surface area contributed by atoms with E-state index >= 15 is 0 Å². The predicted octanol–water partition coefficient (Wildman–Crippen LogP) is 2.39. The fourth-order valence-corrected chi connectivity index (χ4v) is 4.23. The van der Waals surface area contributed by atoms with Gasteiger partial charge in [0, 0.05) is 37.6 Å². The maximum atomic E-state index is 12.6. The molecule has 1 aliphatic rings. The van der Waals surface area contributed by atoms with E-state index in [2.05, 4.69) is 15.6 Å². The zero-order chi connectivity index (χ0) is 18.5. The summed E-state index contributed by atoms with van der Waals surface area (Å²) in [5.74, 6) is 0.564. The number of thiophene rings is 1. The van der Waals surface area contributed by atoms with Crippen LogP contribution in [-0.2, 0) is 16.4 Å². The maximum Gasteiger partial charge on any atom is 0.511 e. The van der Waals surface area contributed by atoms with Gasteiger partial charge < -0.3 is 10.6 Å². The molecule has 0 radical (unpaired) electrons. The Morgan fingerprint density at radius 2 is 2.04 bits per heavy atom. The van der Waals surface area contributed by atoms with Crippen LogP contribution in [0.4, 0.5) is 13.2 Å². The van der Waals surface area contributed by atoms with Gasteiger partial charge in [0.05, 0.1) is 0 Å². The minimum Gasteiger partial charge on any atom is -0.356 e. The fourth-order valence-electron chi connectivity index (χ4n) is 2.53. The van der Waals surface area contributed by atoms with E-state index in [9.17, 15) is 21.6 Å². The largest absolute Gasteiger partial charge is 0.511 e. The Bertz CT molecular complexity index is 673. The molecule has 0 saturated carbocycles. The fraction of sp³-hybridized carbons (Fsp3) is 0.643. The van der Waals surface area contributed by atoms with Crippen molar-refractivity contribution in [2.24, 2.45) is 4.99 Å². The van der Waals surface area contributed by atoms with Crippen molar-refractivity contribution >= 4 is 51.3 Å². The number of alkyl halides is 3. The van der Waals surface area contributed by atoms with Crippen LogP contribution in [0, 0.1) is 0 Å². The van der Waals surface area contributed by atoms with Crippen LogP contribution < -0.4 is 10.6 Å². The number of halogens is 4. The molecule has 2 N–H and O–H groups in total. The number of aliphatic imine (C=N–C) groups is 1. The SMILES string of the molecule is CN=C(NCCc1cccs1)NC1CCN(S(=O)(=O)C(F)(F)F)CC1.I. The van der Waals surface area contributed by atoms with E-state index in [1.54, 1.807) is 18.4 Å². The van der Waals surface area contributed by atoms with Crippen LogP contribution in [0.1, 0.15) is 17.7 Å². The average molecular weight is 526 g/mol. The lowest BCUT2D eigenvalue weighted by Crippen LogP contribution is -2.51. The topological polar surface area (TPSA) is 73.8 Å². The highest BCUT2D eigenvalue weighted by Crippen LogP contribution is 2.28. The van der Waals surface area contributed by atoms with Crippen LogP contribution in [0.2, 0.25) is 0 Å². The van der Waals surface area contributed by atoms with Crippen LogP contribution in [-0.4, -0.2) is 56.9 Å². The summed E-state index contributed by atoms with van der Waals surface area (Å²) in [7, 11) is -3.62. The highest BCUT2D eigenvalue weighted by molar-refractivity contribution is 14.0. The lowest BCUT2D eigenvalue weighted by Gasteiger charge is -2.32. The molecule has 150 valence electrons. The molecule has 2 heterocycles. The first-order valence-electron chi connectivity index (χ1n) is 7.80. The molecule has 6 nitrogen and oxygen atoms in total. The summed E-state index contributed by atoms with van der Waals surface area (Å²) >= 11 is 1.67. The summed E-state index contributed by atoms with van der Waals surface area (Å²) in [5.41, 5.74) is -5.24. The van der Waals surface area contributed by atoms with E-state index in [0.717, 1.165) is 6.42 Å². The second kappa shape index (κ2) is 10.1. The molecular weight excluding hydrogens is 504 g/mol. The summed E-state index contributed by atoms with van der Waals surface area (Å²) in [4.78, 5) is 5.34. The normalized spacial score (nSPS) is 17.6. The molecule has 2 rings (SSSR count). The highest BCUT2D eigenvalue weighted by atomic mass is 127. The first kappa shape index (κ1) is 23.4. The number of guanidine groups is 1. The number of sulfonamides is 1. The van der Waals surface area contributed by atoms with E-state index in [0.29, 0.717) is 29.7 Å². The molecule has 1 aromatic heterocycles. The lowest BCUT2D eigenvalue weighted by atomic mass is 10.1. The maximum absolute atomic E-state index is 12.6. The van der Waals surface area contributed by atoms with Crippen molar-refractivity contribution in [3.05, 3.63) is 22.4 Å². The molecule has 0 unspecified atom stereocenters. The second-order valence-corrected chi connectivity index (χ2v) is 8.56. The number of nitrogens with one attached hydrogen (secondary N) is 2. The average Bonchev–Trinajstić information content (AvgIpc) is 3.06. The molecule has 0 spiro atoms. The first-order chi connectivity index (χ1) is 11.7. The predicted molar refractivity (Wildman–Crippen MR) is 108 cm³/mol. The molecule has 1 fully saturated rings. The zero-order valence-electron chi connectivity index (χ0n) is 14.1. The highest BCUT2D eigenvalue weighted by Gasteiger charge is 2.50. The lowest BCUT2D eigenvalue weighted by molar-refractivity contribution is -0.0494. The summed E-state index contributed by atoms with van der Waals surface area (Å²) in [6.45, 7) is 0.360. The minimum absolute atomic E-state index is 0. The third-order valence-corrected chi connectivity index (χ3v) is 6.46. The van der Waals surface area contributed by atoms with E-state index in [-0.39, 0.29) is 43.1 Å². The van der Waals surface area contributed by atoms with Gasteiger partial charge >= 0.3 is 15.5 Å². The monoisotopic (exact) mass is 526 g/mol. The van der Waals surface area contributed by atoms with Gasteiger partial charge in [-0.1, -0.05) is 6.07 Å². The summed E-state index contributed by atoms with van der Waals surface area (Å²) in [6, 6.07) is 3.91. The quantitative estimate of drug-likeness (QED) is 0.351. The Kier molecular flexibility index (Phi) is 9.09. The van der Waals surface area contributed by atoms with Crippen LogP contribution in [0.25, 0.3) is 0 Å². The van der Waals surface area contributed by atoms with Crippen molar-refractivity contribution in [3.63, 3.8) is 0 Å². The van der Waals surface area contributed by atoms with E-state index < -0.39 is 15.5 Å². The molecule has 12 heteroatoms. The number of nitrogens with zero attached hydrogens (tertiary/aromatic N) is 2. The molecule has 0 amide bonds. The van der Waals surface area contributed by atoms with Gasteiger partial charge in [-0.3, -0.25) is 4.99 Å². The number of piperidine rings is 1. The van der Waals surface area contributed by atoms with Gasteiger partial charge in [-0.2, -0.15) is 17.5 Å². The van der Waals surface area contributed by atoms with Crippen molar-refractivity contribution in [1.29, 1.82) is 0 Å². The number of rotatable bonds is 5. The smallest absolute Gasteiger partial charge is 0.356 e. The first-order valence-corrected chi connectivity index (χ1v) is 10.1. The van der Waals surface area contributed by atoms with Crippen molar-refractivity contribution in [1.82, 2.24) is 14.9 Å². The van der Waals surface area contributed by atoms with Gasteiger partial charge in [-0.15, -0.1) is 35.3 Å². The van der Waals surface area contributed by atoms with Gasteiger partial charge in [-0.25, -0.2) is 8.42 Å². The Morgan fingerprint density at radius 3 is 2.54 bits per heavy atom. The minimum atomic E-state index is -5.24. The molecule has 0 aliphatic carbocycles. The standard InChI is InChI=1S/C14H21F3N4O2S2.HI/c1-18-13(19-7-4-12-3-2-10-24-12)20-11-5-8-21(9-6-11)25(22,23)14(15,16)17;/h2-3,10-11H,4-9H2,1H3,(H2,18,19,20);1H. The van der Waals surface area contributed by atoms with Crippen LogP contribution >= 0.6 is 35.3 Å². The number of hydrogen-bond donors (Lipinski definition) is 2. The van der Waals surface area contributed by atoms with E-state index in [1.165, 1.54) is 4.88 Å². The van der Waals surface area contributed by atoms with Crippen molar-refractivity contribution in [3.8, 4) is 0 Å². The second-order valence-electron chi connectivity index (χ2n) is 5.60. The Hall–Kier alpha value is -0.600. The van der Waals surface area contributed by atoms with Gasteiger partial charge in [0.1, 0.15) is 0 Å². The molecule has 0 aromatic carbocycles. The molecule has 26 heavy (non-hydrogen) atoms. The summed E-state index contributed by atoms with van der Waals surface area (Å²) in [6.07, 6.45) is 1.43. The molecule has 0 bridgehead atoms. The van der Waals surface area contributed by atoms with E-state index in [1.807, 2.05) is 17.5 Å². The molecular formula is C14H22F3IN4O2S2. The van der Waals surface area contributed by atoms with Crippen LogP contribution in [0.15, 0.2) is 22.5 Å². The number of hydrogen-bond acceptors (Lipinski definition) is 4. The Balaban J connectivity index is 0.00000338. The third-order valence-electron chi connectivity index (χ3n) is 3.89. The van der Waals surface area contributed by atoms with Gasteiger partial charge in [0.15, 0.2) is 5.96 Å². The summed E-state index contributed by atoms with van der Waals surface area (Å²) in [5, 5.41) is 8.30. The van der Waals surface area contributed by atoms with Gasteiger partial charge in [0.25, 0.3) is 0 Å². The Labute approximate surface area is 172 Å². The van der Waals surface area contributed by atoms with E-state index in [4.69, 9.17) is 0 Å². The Morgan fingerprint density at radius 1 is 1.38 bits per heavy atom. The van der Waals surface area contributed by atoms with Crippen molar-refractivity contribution in [2.75, 3.05) is 26.7 Å². The third kappa shape index (κ3) is 6.23. The molecule has 1 aromatic rings. The van der Waals surface area contributed by atoms with Crippen molar-refractivity contribution in [2.45, 2.75) is 30.8 Å². The molecule has 1 saturated heterocycles. The van der Waals surface area contributed by atoms with Gasteiger partial charge in [-0.05, 0) is 30.7 Å². The van der Waals surface area contributed by atoms with Crippen LogP contribution in [0.5, 0.6) is 0 Å².